The molecule has 0 aromatic heterocycles. The molecule has 5 rings (SSSR count). The molecule has 3 aromatic carbocycles. The molecule has 3 aromatic rings. The van der Waals surface area contributed by atoms with Crippen LogP contribution in [0.25, 0.3) is 0 Å². The van der Waals surface area contributed by atoms with Crippen LogP contribution in [-0.4, -0.2) is 30.0 Å². The van der Waals surface area contributed by atoms with Crippen molar-refractivity contribution >= 4 is 28.9 Å². The fourth-order valence-corrected chi connectivity index (χ4v) is 4.38. The maximum Gasteiger partial charge on any atom is 0.271 e. The number of hydrogen-bond donors (Lipinski definition) is 0. The van der Waals surface area contributed by atoms with E-state index in [1.54, 1.807) is 54.6 Å². The lowest BCUT2D eigenvalue weighted by Gasteiger charge is -2.28. The molecule has 3 atom stereocenters. The molecule has 0 radical (unpaired) electrons. The highest BCUT2D eigenvalue weighted by molar-refractivity contribution is 6.23. The Morgan fingerprint density at radius 1 is 0.909 bits per heavy atom. The highest BCUT2D eigenvalue weighted by Crippen LogP contribution is 2.48. The molecule has 9 nitrogen and oxygen atoms in total. The molecule has 0 spiro atoms. The number of non-ortho nitro benzene ring substituents is 1. The number of nitrogens with zero attached hydrogens (tertiary/aromatic N) is 3. The lowest BCUT2D eigenvalue weighted by Crippen LogP contribution is -2.37. The zero-order valence-corrected chi connectivity index (χ0v) is 17.5. The third-order valence-corrected chi connectivity index (χ3v) is 5.86. The molecule has 2 fully saturated rings. The molecular weight excluding hydrogens is 426 g/mol. The summed E-state index contributed by atoms with van der Waals surface area (Å²) in [7, 11) is 1.53. The molecule has 166 valence electrons. The van der Waals surface area contributed by atoms with Gasteiger partial charge < -0.3 is 4.74 Å². The number of nitro benzene ring substituents is 1. The maximum atomic E-state index is 13.5. The van der Waals surface area contributed by atoms with E-state index in [1.807, 2.05) is 6.07 Å². The van der Waals surface area contributed by atoms with Crippen LogP contribution in [0.2, 0.25) is 0 Å². The molecule has 0 saturated carbocycles. The number of methoxy groups -OCH3 is 1. The number of imide groups is 1. The fraction of sp³-hybridized carbons (Fsp3) is 0.167. The highest BCUT2D eigenvalue weighted by Gasteiger charge is 2.60. The number of rotatable bonds is 5. The van der Waals surface area contributed by atoms with Crippen LogP contribution in [0.5, 0.6) is 5.75 Å². The Labute approximate surface area is 188 Å². The Morgan fingerprint density at radius 2 is 1.64 bits per heavy atom. The lowest BCUT2D eigenvalue weighted by atomic mass is 9.90. The SMILES string of the molecule is COc1cccc([C@H]2[C@@H]3C(=O)N(c4ccccc4)C(=O)[C@H]3ON2c2cccc([N+](=O)[O-])c2)c1. The van der Waals surface area contributed by atoms with Gasteiger partial charge in [-0.25, -0.2) is 9.96 Å². The molecule has 0 aliphatic carbocycles. The lowest BCUT2D eigenvalue weighted by molar-refractivity contribution is -0.384. The van der Waals surface area contributed by atoms with Crippen molar-refractivity contribution in [3.8, 4) is 5.75 Å². The number of fused-ring (bicyclic) bond motifs is 1. The Hall–Kier alpha value is -4.24. The van der Waals surface area contributed by atoms with Crippen LogP contribution in [0.3, 0.4) is 0 Å². The van der Waals surface area contributed by atoms with Gasteiger partial charge in [0.1, 0.15) is 11.7 Å². The van der Waals surface area contributed by atoms with E-state index in [2.05, 4.69) is 0 Å². The van der Waals surface area contributed by atoms with Crippen molar-refractivity contribution in [1.82, 2.24) is 0 Å². The maximum absolute atomic E-state index is 13.5. The quantitative estimate of drug-likeness (QED) is 0.336. The second-order valence-corrected chi connectivity index (χ2v) is 7.72. The first kappa shape index (κ1) is 20.7. The standard InChI is InChI=1S/C24H19N3O6/c1-32-19-12-5-7-15(13-19)21-20-22(24(29)25(23(20)28)16-8-3-2-4-9-16)33-26(21)17-10-6-11-18(14-17)27(30)31/h2-14,20-22H,1H3/t20-,21-,22-/m0/s1. The number of benzene rings is 3. The monoisotopic (exact) mass is 445 g/mol. The zero-order valence-electron chi connectivity index (χ0n) is 17.5. The number of ether oxygens (including phenoxy) is 1. The molecule has 2 aliphatic heterocycles. The summed E-state index contributed by atoms with van der Waals surface area (Å²) in [5.41, 5.74) is 1.40. The number of carbonyl (C=O) groups is 2. The second kappa shape index (κ2) is 8.03. The van der Waals surface area contributed by atoms with Crippen molar-refractivity contribution in [2.45, 2.75) is 12.1 Å². The molecule has 0 bridgehead atoms. The van der Waals surface area contributed by atoms with Gasteiger partial charge in [0.25, 0.3) is 11.6 Å². The molecule has 2 saturated heterocycles. The van der Waals surface area contributed by atoms with Crippen LogP contribution >= 0.6 is 0 Å². The predicted molar refractivity (Wildman–Crippen MR) is 119 cm³/mol. The van der Waals surface area contributed by atoms with Crippen molar-refractivity contribution in [1.29, 1.82) is 0 Å². The van der Waals surface area contributed by atoms with Crippen LogP contribution in [-0.2, 0) is 14.4 Å². The zero-order chi connectivity index (χ0) is 23.1. The third-order valence-electron chi connectivity index (χ3n) is 5.86. The van der Waals surface area contributed by atoms with Crippen molar-refractivity contribution in [2.75, 3.05) is 17.1 Å². The first-order valence-electron chi connectivity index (χ1n) is 10.3. The summed E-state index contributed by atoms with van der Waals surface area (Å²) in [6.07, 6.45) is -1.06. The van der Waals surface area contributed by atoms with Gasteiger partial charge in [0.2, 0.25) is 5.91 Å². The molecule has 9 heteroatoms. The number of nitro groups is 1. The molecule has 0 N–H and O–H groups in total. The number of hydroxylamine groups is 1. The van der Waals surface area contributed by atoms with Crippen LogP contribution in [0.4, 0.5) is 17.1 Å². The fourth-order valence-electron chi connectivity index (χ4n) is 4.38. The van der Waals surface area contributed by atoms with Gasteiger partial charge in [0.15, 0.2) is 6.10 Å². The van der Waals surface area contributed by atoms with Gasteiger partial charge in [-0.05, 0) is 35.9 Å². The van der Waals surface area contributed by atoms with E-state index in [0.29, 0.717) is 22.7 Å². The van der Waals surface area contributed by atoms with E-state index in [0.717, 1.165) is 4.90 Å². The third kappa shape index (κ3) is 3.39. The minimum Gasteiger partial charge on any atom is -0.497 e. The summed E-state index contributed by atoms with van der Waals surface area (Å²) >= 11 is 0. The molecule has 0 unspecified atom stereocenters. The Morgan fingerprint density at radius 3 is 2.36 bits per heavy atom. The minimum absolute atomic E-state index is 0.124. The Balaban J connectivity index is 1.61. The van der Waals surface area contributed by atoms with E-state index < -0.39 is 34.8 Å². The van der Waals surface area contributed by atoms with Gasteiger partial charge in [-0.1, -0.05) is 36.4 Å². The molecule has 33 heavy (non-hydrogen) atoms. The highest BCUT2D eigenvalue weighted by atomic mass is 16.7. The second-order valence-electron chi connectivity index (χ2n) is 7.72. The van der Waals surface area contributed by atoms with E-state index in [4.69, 9.17) is 9.57 Å². The van der Waals surface area contributed by atoms with Gasteiger partial charge in [-0.3, -0.25) is 24.5 Å². The number of anilines is 2. The first-order chi connectivity index (χ1) is 16.0. The molecular formula is C24H19N3O6. The summed E-state index contributed by atoms with van der Waals surface area (Å²) in [4.78, 5) is 44.8. The Bertz CT molecular complexity index is 1250. The van der Waals surface area contributed by atoms with Gasteiger partial charge in [-0.2, -0.15) is 0 Å². The van der Waals surface area contributed by atoms with Gasteiger partial charge in [0.05, 0.1) is 29.4 Å². The van der Waals surface area contributed by atoms with Crippen LogP contribution in [0.1, 0.15) is 11.6 Å². The van der Waals surface area contributed by atoms with E-state index >= 15 is 0 Å². The predicted octanol–water partition coefficient (Wildman–Crippen LogP) is 3.65. The van der Waals surface area contributed by atoms with Gasteiger partial charge in [-0.15, -0.1) is 0 Å². The van der Waals surface area contributed by atoms with E-state index in [9.17, 15) is 19.7 Å². The van der Waals surface area contributed by atoms with Crippen molar-refractivity contribution in [2.24, 2.45) is 5.92 Å². The molecule has 2 heterocycles. The average Bonchev–Trinajstić information content (AvgIpc) is 3.35. The topological polar surface area (TPSA) is 102 Å². The van der Waals surface area contributed by atoms with E-state index in [1.165, 1.54) is 30.4 Å². The summed E-state index contributed by atoms with van der Waals surface area (Å²) in [5.74, 6) is -1.13. The van der Waals surface area contributed by atoms with E-state index in [-0.39, 0.29) is 5.69 Å². The summed E-state index contributed by atoms with van der Waals surface area (Å²) in [5, 5.41) is 12.7. The smallest absolute Gasteiger partial charge is 0.271 e. The van der Waals surface area contributed by atoms with Crippen molar-refractivity contribution in [3.63, 3.8) is 0 Å². The van der Waals surface area contributed by atoms with Crippen LogP contribution in [0, 0.1) is 16.0 Å². The van der Waals surface area contributed by atoms with Gasteiger partial charge in [0, 0.05) is 12.1 Å². The minimum atomic E-state index is -1.06. The van der Waals surface area contributed by atoms with Crippen LogP contribution < -0.4 is 14.7 Å². The first-order valence-corrected chi connectivity index (χ1v) is 10.3. The Kier molecular flexibility index (Phi) is 5.02. The summed E-state index contributed by atoms with van der Waals surface area (Å²) < 4.78 is 5.34. The largest absolute Gasteiger partial charge is 0.497 e. The summed E-state index contributed by atoms with van der Waals surface area (Å²) in [6, 6.07) is 21.0. The number of para-hydroxylation sites is 1. The van der Waals surface area contributed by atoms with Gasteiger partial charge >= 0.3 is 0 Å². The van der Waals surface area contributed by atoms with Crippen LogP contribution in [0.15, 0.2) is 78.9 Å². The summed E-state index contributed by atoms with van der Waals surface area (Å²) in [6.45, 7) is 0. The molecule has 2 amide bonds. The number of hydrogen-bond acceptors (Lipinski definition) is 7. The number of carbonyl (C=O) groups excluding carboxylic acids is 2. The van der Waals surface area contributed by atoms with Crippen molar-refractivity contribution in [3.05, 3.63) is 94.5 Å². The average molecular weight is 445 g/mol. The molecule has 2 aliphatic rings. The normalized spacial score (nSPS) is 21.9. The van der Waals surface area contributed by atoms with Crippen molar-refractivity contribution < 1.29 is 24.1 Å². The number of amides is 2.